The molecule has 0 radical (unpaired) electrons. The first-order valence-electron chi connectivity index (χ1n) is 8.31. The maximum absolute atomic E-state index is 4.41. The molecule has 1 saturated heterocycles. The van der Waals surface area contributed by atoms with E-state index in [0.29, 0.717) is 5.92 Å². The zero-order chi connectivity index (χ0) is 16.2. The summed E-state index contributed by atoms with van der Waals surface area (Å²) in [6, 6.07) is 0. The summed E-state index contributed by atoms with van der Waals surface area (Å²) in [5.74, 6) is 1.46. The van der Waals surface area contributed by atoms with Gasteiger partial charge >= 0.3 is 0 Å². The third kappa shape index (κ3) is 4.07. The number of nitrogens with zero attached hydrogens (tertiary/aromatic N) is 5. The second-order valence-corrected chi connectivity index (χ2v) is 6.76. The Morgan fingerprint density at radius 1 is 1.26 bits per heavy atom. The largest absolute Gasteiger partial charge is 0.347 e. The van der Waals surface area contributed by atoms with E-state index in [2.05, 4.69) is 32.0 Å². The molecule has 6 heteroatoms. The molecule has 0 spiro atoms. The number of anilines is 1. The molecule has 1 unspecified atom stereocenters. The lowest BCUT2D eigenvalue weighted by Crippen LogP contribution is -2.36. The summed E-state index contributed by atoms with van der Waals surface area (Å²) in [5, 5.41) is 7.28. The number of hydrogen-bond acceptors (Lipinski definition) is 5. The number of H-pyrrole nitrogens is 1. The third-order valence-corrected chi connectivity index (χ3v) is 4.53. The van der Waals surface area contributed by atoms with Crippen LogP contribution in [0, 0.1) is 12.8 Å². The minimum atomic E-state index is 0.699. The first-order chi connectivity index (χ1) is 11.1. The van der Waals surface area contributed by atoms with Crippen molar-refractivity contribution in [3.8, 4) is 0 Å². The number of aromatic nitrogens is 4. The molecule has 1 fully saturated rings. The van der Waals surface area contributed by atoms with Gasteiger partial charge in [-0.25, -0.2) is 9.97 Å². The molecule has 1 aliphatic heterocycles. The number of aryl methyl sites for hydroxylation is 1. The van der Waals surface area contributed by atoms with Crippen LogP contribution in [0.4, 0.5) is 5.95 Å². The third-order valence-electron chi connectivity index (χ3n) is 4.53. The fraction of sp³-hybridized carbons (Fsp3) is 0.588. The summed E-state index contributed by atoms with van der Waals surface area (Å²) in [6.07, 6.45) is 9.47. The van der Waals surface area contributed by atoms with Crippen LogP contribution in [0.2, 0.25) is 0 Å². The molecule has 1 atom stereocenters. The minimum Gasteiger partial charge on any atom is -0.347 e. The van der Waals surface area contributed by atoms with Crippen LogP contribution in [0.5, 0.6) is 0 Å². The van der Waals surface area contributed by atoms with E-state index < -0.39 is 0 Å². The van der Waals surface area contributed by atoms with Crippen molar-refractivity contribution in [3.63, 3.8) is 0 Å². The predicted molar refractivity (Wildman–Crippen MR) is 91.4 cm³/mol. The van der Waals surface area contributed by atoms with Crippen LogP contribution in [-0.2, 0) is 13.0 Å². The van der Waals surface area contributed by atoms with Crippen LogP contribution in [0.1, 0.15) is 29.7 Å². The molecule has 1 N–H and O–H groups in total. The monoisotopic (exact) mass is 314 g/mol. The quantitative estimate of drug-likeness (QED) is 0.915. The Balaban J connectivity index is 1.57. The van der Waals surface area contributed by atoms with Crippen molar-refractivity contribution in [2.45, 2.75) is 32.7 Å². The zero-order valence-electron chi connectivity index (χ0n) is 14.3. The van der Waals surface area contributed by atoms with E-state index in [1.165, 1.54) is 29.7 Å². The van der Waals surface area contributed by atoms with Gasteiger partial charge in [-0.2, -0.15) is 5.10 Å². The number of nitrogens with one attached hydrogen (secondary N) is 1. The Kier molecular flexibility index (Phi) is 4.91. The molecule has 124 valence electrons. The van der Waals surface area contributed by atoms with Crippen molar-refractivity contribution in [1.29, 1.82) is 0 Å². The van der Waals surface area contributed by atoms with Crippen LogP contribution in [-0.4, -0.2) is 52.3 Å². The summed E-state index contributed by atoms with van der Waals surface area (Å²) >= 11 is 0. The van der Waals surface area contributed by atoms with E-state index in [4.69, 9.17) is 0 Å². The first-order valence-corrected chi connectivity index (χ1v) is 8.31. The summed E-state index contributed by atoms with van der Waals surface area (Å²) in [5.41, 5.74) is 3.75. The lowest BCUT2D eigenvalue weighted by Gasteiger charge is -2.32. The van der Waals surface area contributed by atoms with E-state index in [9.17, 15) is 0 Å². The van der Waals surface area contributed by atoms with Crippen molar-refractivity contribution in [3.05, 3.63) is 35.4 Å². The minimum absolute atomic E-state index is 0.699. The molecular formula is C17H26N6. The molecule has 6 nitrogen and oxygen atoms in total. The molecule has 1 aliphatic rings. The van der Waals surface area contributed by atoms with E-state index in [1.807, 2.05) is 37.6 Å². The van der Waals surface area contributed by atoms with E-state index >= 15 is 0 Å². The molecule has 23 heavy (non-hydrogen) atoms. The fourth-order valence-electron chi connectivity index (χ4n) is 3.25. The van der Waals surface area contributed by atoms with Gasteiger partial charge in [0.2, 0.25) is 5.95 Å². The second-order valence-electron chi connectivity index (χ2n) is 6.76. The Morgan fingerprint density at radius 2 is 2.04 bits per heavy atom. The standard InChI is InChI=1S/C17H26N6/c1-13-8-20-21-16(13)7-14-5-4-6-23(11-14)12-15-9-18-17(19-10-15)22(2)3/h8-10,14H,4-7,11-12H2,1-3H3,(H,20,21). The van der Waals surface area contributed by atoms with E-state index in [0.717, 1.165) is 32.0 Å². The molecule has 0 aromatic carbocycles. The fourth-order valence-corrected chi connectivity index (χ4v) is 3.25. The summed E-state index contributed by atoms with van der Waals surface area (Å²) in [7, 11) is 3.92. The van der Waals surface area contributed by atoms with Gasteiger partial charge in [-0.1, -0.05) is 0 Å². The van der Waals surface area contributed by atoms with Crippen molar-refractivity contribution in [2.24, 2.45) is 5.92 Å². The van der Waals surface area contributed by atoms with Crippen LogP contribution < -0.4 is 4.90 Å². The van der Waals surface area contributed by atoms with Crippen LogP contribution >= 0.6 is 0 Å². The molecular weight excluding hydrogens is 288 g/mol. The molecule has 0 amide bonds. The predicted octanol–water partition coefficient (Wildman–Crippen LogP) is 2.03. The summed E-state index contributed by atoms with van der Waals surface area (Å²) in [4.78, 5) is 13.3. The Hall–Kier alpha value is -1.95. The topological polar surface area (TPSA) is 60.9 Å². The summed E-state index contributed by atoms with van der Waals surface area (Å²) < 4.78 is 0. The highest BCUT2D eigenvalue weighted by atomic mass is 15.2. The molecule has 2 aromatic heterocycles. The highest BCUT2D eigenvalue weighted by Crippen LogP contribution is 2.22. The summed E-state index contributed by atoms with van der Waals surface area (Å²) in [6.45, 7) is 5.36. The molecule has 2 aromatic rings. The number of rotatable bonds is 5. The van der Waals surface area contributed by atoms with Gasteiger partial charge in [0, 0.05) is 50.8 Å². The van der Waals surface area contributed by atoms with Crippen LogP contribution in [0.3, 0.4) is 0 Å². The Bertz CT molecular complexity index is 618. The van der Waals surface area contributed by atoms with Gasteiger partial charge in [0.1, 0.15) is 0 Å². The second kappa shape index (κ2) is 7.08. The maximum atomic E-state index is 4.41. The van der Waals surface area contributed by atoms with E-state index in [-0.39, 0.29) is 0 Å². The van der Waals surface area contributed by atoms with Crippen molar-refractivity contribution in [2.75, 3.05) is 32.1 Å². The zero-order valence-corrected chi connectivity index (χ0v) is 14.3. The molecule has 0 bridgehead atoms. The van der Waals surface area contributed by atoms with Gasteiger partial charge in [0.25, 0.3) is 0 Å². The van der Waals surface area contributed by atoms with Gasteiger partial charge < -0.3 is 4.90 Å². The first kappa shape index (κ1) is 15.9. The smallest absolute Gasteiger partial charge is 0.224 e. The van der Waals surface area contributed by atoms with Gasteiger partial charge in [0.15, 0.2) is 0 Å². The van der Waals surface area contributed by atoms with Gasteiger partial charge in [-0.05, 0) is 44.2 Å². The average molecular weight is 314 g/mol. The lowest BCUT2D eigenvalue weighted by molar-refractivity contribution is 0.166. The lowest BCUT2D eigenvalue weighted by atomic mass is 9.92. The van der Waals surface area contributed by atoms with E-state index in [1.54, 1.807) is 0 Å². The van der Waals surface area contributed by atoms with Crippen molar-refractivity contribution < 1.29 is 0 Å². The van der Waals surface area contributed by atoms with Gasteiger partial charge in [-0.3, -0.25) is 10.00 Å². The van der Waals surface area contributed by atoms with Crippen molar-refractivity contribution >= 4 is 5.95 Å². The number of aromatic amines is 1. The number of hydrogen-bond donors (Lipinski definition) is 1. The Labute approximate surface area is 137 Å². The Morgan fingerprint density at radius 3 is 2.70 bits per heavy atom. The molecule has 3 heterocycles. The SMILES string of the molecule is Cc1cn[nH]c1CC1CCCN(Cc2cnc(N(C)C)nc2)C1. The number of piperidine rings is 1. The molecule has 0 aliphatic carbocycles. The normalized spacial score (nSPS) is 19.0. The van der Waals surface area contributed by atoms with Gasteiger partial charge in [0.05, 0.1) is 6.20 Å². The van der Waals surface area contributed by atoms with Crippen molar-refractivity contribution in [1.82, 2.24) is 25.1 Å². The molecule has 0 saturated carbocycles. The van der Waals surface area contributed by atoms with Crippen LogP contribution in [0.15, 0.2) is 18.6 Å². The number of likely N-dealkylation sites (tertiary alicyclic amines) is 1. The van der Waals surface area contributed by atoms with Gasteiger partial charge in [-0.15, -0.1) is 0 Å². The average Bonchev–Trinajstić information content (AvgIpc) is 2.93. The highest BCUT2D eigenvalue weighted by Gasteiger charge is 2.21. The molecule has 3 rings (SSSR count). The van der Waals surface area contributed by atoms with Crippen LogP contribution in [0.25, 0.3) is 0 Å². The maximum Gasteiger partial charge on any atom is 0.224 e. The highest BCUT2D eigenvalue weighted by molar-refractivity contribution is 5.26.